The van der Waals surface area contributed by atoms with Crippen LogP contribution < -0.4 is 5.73 Å². The molecule has 0 amide bonds. The Hall–Kier alpha value is -0.540. The van der Waals surface area contributed by atoms with Crippen LogP contribution in [0.5, 0.6) is 0 Å². The molecule has 0 radical (unpaired) electrons. The lowest BCUT2D eigenvalue weighted by atomic mass is 10.0. The highest BCUT2D eigenvalue weighted by Gasteiger charge is 2.37. The van der Waals surface area contributed by atoms with Crippen molar-refractivity contribution in [3.05, 3.63) is 28.5 Å². The van der Waals surface area contributed by atoms with Crippen molar-refractivity contribution in [1.29, 1.82) is 0 Å². The van der Waals surface area contributed by atoms with E-state index in [1.807, 2.05) is 0 Å². The Kier molecular flexibility index (Phi) is 5.37. The highest BCUT2D eigenvalue weighted by atomic mass is 79.9. The highest BCUT2D eigenvalue weighted by molar-refractivity contribution is 9.10. The molecule has 21 heavy (non-hydrogen) atoms. The summed E-state index contributed by atoms with van der Waals surface area (Å²) in [4.78, 5) is 0.0539. The SMILES string of the molecule is COC1CCN(S(=O)(=O)c2ccc(F)cc2Br)C(CN)C1. The maximum absolute atomic E-state index is 13.1. The van der Waals surface area contributed by atoms with Gasteiger partial charge in [0.1, 0.15) is 5.82 Å². The lowest BCUT2D eigenvalue weighted by Gasteiger charge is -2.37. The molecule has 2 N–H and O–H groups in total. The van der Waals surface area contributed by atoms with Crippen LogP contribution in [-0.4, -0.2) is 45.1 Å². The molecule has 118 valence electrons. The van der Waals surface area contributed by atoms with Crippen molar-refractivity contribution in [2.45, 2.75) is 29.9 Å². The van der Waals surface area contributed by atoms with Crippen LogP contribution in [0.2, 0.25) is 0 Å². The molecule has 5 nitrogen and oxygen atoms in total. The quantitative estimate of drug-likeness (QED) is 0.862. The molecule has 8 heteroatoms. The van der Waals surface area contributed by atoms with E-state index in [1.165, 1.54) is 10.4 Å². The number of hydrogen-bond acceptors (Lipinski definition) is 4. The van der Waals surface area contributed by atoms with Gasteiger partial charge in [-0.15, -0.1) is 0 Å². The number of ether oxygens (including phenoxy) is 1. The zero-order valence-corrected chi connectivity index (χ0v) is 14.0. The Bertz CT molecular complexity index is 611. The Morgan fingerprint density at radius 3 is 2.81 bits per heavy atom. The van der Waals surface area contributed by atoms with Gasteiger partial charge in [0.15, 0.2) is 0 Å². The third-order valence-electron chi connectivity index (χ3n) is 3.70. The van der Waals surface area contributed by atoms with E-state index in [1.54, 1.807) is 7.11 Å². The van der Waals surface area contributed by atoms with E-state index < -0.39 is 15.8 Å². The first-order valence-electron chi connectivity index (χ1n) is 6.60. The van der Waals surface area contributed by atoms with Crippen LogP contribution in [0.25, 0.3) is 0 Å². The minimum Gasteiger partial charge on any atom is -0.381 e. The minimum atomic E-state index is -3.72. The zero-order chi connectivity index (χ0) is 15.6. The predicted octanol–water partition coefficient (Wildman–Crippen LogP) is 1.72. The van der Waals surface area contributed by atoms with Crippen LogP contribution in [0.3, 0.4) is 0 Å². The number of piperidine rings is 1. The van der Waals surface area contributed by atoms with Crippen molar-refractivity contribution in [2.24, 2.45) is 5.73 Å². The fourth-order valence-corrected chi connectivity index (χ4v) is 5.22. The van der Waals surface area contributed by atoms with Gasteiger partial charge in [0.25, 0.3) is 0 Å². The molecule has 2 atom stereocenters. The number of hydrogen-bond donors (Lipinski definition) is 1. The third kappa shape index (κ3) is 3.45. The summed E-state index contributed by atoms with van der Waals surface area (Å²) in [7, 11) is -2.11. The molecule has 0 bridgehead atoms. The van der Waals surface area contributed by atoms with Gasteiger partial charge >= 0.3 is 0 Å². The van der Waals surface area contributed by atoms with E-state index in [2.05, 4.69) is 15.9 Å². The Morgan fingerprint density at radius 2 is 2.24 bits per heavy atom. The third-order valence-corrected chi connectivity index (χ3v) is 6.63. The molecule has 1 aliphatic heterocycles. The average molecular weight is 381 g/mol. The van der Waals surface area contributed by atoms with Gasteiger partial charge in [-0.25, -0.2) is 12.8 Å². The van der Waals surface area contributed by atoms with Crippen molar-refractivity contribution in [2.75, 3.05) is 20.2 Å². The number of halogens is 2. The molecule has 1 aromatic carbocycles. The largest absolute Gasteiger partial charge is 0.381 e. The van der Waals surface area contributed by atoms with Crippen molar-refractivity contribution in [3.8, 4) is 0 Å². The van der Waals surface area contributed by atoms with Crippen LogP contribution in [0.15, 0.2) is 27.6 Å². The van der Waals surface area contributed by atoms with Crippen LogP contribution in [0.4, 0.5) is 4.39 Å². The van der Waals surface area contributed by atoms with E-state index in [-0.39, 0.29) is 28.1 Å². The topological polar surface area (TPSA) is 72.6 Å². The summed E-state index contributed by atoms with van der Waals surface area (Å²) in [5.41, 5.74) is 5.71. The highest BCUT2D eigenvalue weighted by Crippen LogP contribution is 2.30. The lowest BCUT2D eigenvalue weighted by molar-refractivity contribution is 0.0401. The molecule has 0 aromatic heterocycles. The predicted molar refractivity (Wildman–Crippen MR) is 80.9 cm³/mol. The van der Waals surface area contributed by atoms with Gasteiger partial charge in [-0.3, -0.25) is 0 Å². The van der Waals surface area contributed by atoms with E-state index in [0.29, 0.717) is 19.4 Å². The number of rotatable bonds is 4. The molecule has 1 aromatic rings. The van der Waals surface area contributed by atoms with Gasteiger partial charge in [-0.2, -0.15) is 4.31 Å². The number of nitrogens with two attached hydrogens (primary N) is 1. The molecule has 2 rings (SSSR count). The first kappa shape index (κ1) is 16.8. The Labute approximate surface area is 132 Å². The molecule has 0 saturated carbocycles. The fraction of sp³-hybridized carbons (Fsp3) is 0.538. The molecule has 0 spiro atoms. The first-order chi connectivity index (χ1) is 9.90. The molecular formula is C13H18BrFN2O3S. The van der Waals surface area contributed by atoms with Gasteiger partial charge in [0, 0.05) is 30.7 Å². The van der Waals surface area contributed by atoms with Gasteiger partial charge in [-0.05, 0) is 47.0 Å². The number of benzene rings is 1. The fourth-order valence-electron chi connectivity index (χ4n) is 2.55. The number of nitrogens with zero attached hydrogens (tertiary/aromatic N) is 1. The van der Waals surface area contributed by atoms with Gasteiger partial charge < -0.3 is 10.5 Å². The molecule has 1 saturated heterocycles. The molecule has 1 aliphatic rings. The molecule has 2 unspecified atom stereocenters. The lowest BCUT2D eigenvalue weighted by Crippen LogP contribution is -2.51. The van der Waals surface area contributed by atoms with Crippen LogP contribution in [-0.2, 0) is 14.8 Å². The van der Waals surface area contributed by atoms with Gasteiger partial charge in [-0.1, -0.05) is 0 Å². The van der Waals surface area contributed by atoms with Crippen LogP contribution in [0.1, 0.15) is 12.8 Å². The summed E-state index contributed by atoms with van der Waals surface area (Å²) in [6.07, 6.45) is 1.19. The number of sulfonamides is 1. The van der Waals surface area contributed by atoms with Crippen molar-refractivity contribution >= 4 is 26.0 Å². The molecular weight excluding hydrogens is 363 g/mol. The zero-order valence-electron chi connectivity index (χ0n) is 11.6. The van der Waals surface area contributed by atoms with Crippen molar-refractivity contribution < 1.29 is 17.5 Å². The van der Waals surface area contributed by atoms with Crippen LogP contribution in [0, 0.1) is 5.82 Å². The van der Waals surface area contributed by atoms with E-state index >= 15 is 0 Å². The Balaban J connectivity index is 2.34. The van der Waals surface area contributed by atoms with E-state index in [0.717, 1.165) is 12.1 Å². The smallest absolute Gasteiger partial charge is 0.244 e. The maximum Gasteiger partial charge on any atom is 0.244 e. The maximum atomic E-state index is 13.1. The van der Waals surface area contributed by atoms with Gasteiger partial charge in [0.2, 0.25) is 10.0 Å². The van der Waals surface area contributed by atoms with Gasteiger partial charge in [0.05, 0.1) is 11.0 Å². The molecule has 1 fully saturated rings. The van der Waals surface area contributed by atoms with Crippen molar-refractivity contribution in [3.63, 3.8) is 0 Å². The first-order valence-corrected chi connectivity index (χ1v) is 8.83. The summed E-state index contributed by atoms with van der Waals surface area (Å²) in [6.45, 7) is 0.560. The number of methoxy groups -OCH3 is 1. The summed E-state index contributed by atoms with van der Waals surface area (Å²) in [6, 6.07) is 3.24. The molecule has 1 heterocycles. The second-order valence-corrected chi connectivity index (χ2v) is 7.68. The normalized spacial score (nSPS) is 24.2. The summed E-state index contributed by atoms with van der Waals surface area (Å²) in [5.74, 6) is -0.491. The molecule has 0 aliphatic carbocycles. The average Bonchev–Trinajstić information content (AvgIpc) is 2.46. The van der Waals surface area contributed by atoms with E-state index in [4.69, 9.17) is 10.5 Å². The summed E-state index contributed by atoms with van der Waals surface area (Å²) >= 11 is 3.12. The monoisotopic (exact) mass is 380 g/mol. The summed E-state index contributed by atoms with van der Waals surface area (Å²) in [5, 5.41) is 0. The second kappa shape index (κ2) is 6.70. The van der Waals surface area contributed by atoms with E-state index in [9.17, 15) is 12.8 Å². The minimum absolute atomic E-state index is 0.0154. The van der Waals surface area contributed by atoms with Crippen LogP contribution >= 0.6 is 15.9 Å². The van der Waals surface area contributed by atoms with Crippen molar-refractivity contribution in [1.82, 2.24) is 4.31 Å². The second-order valence-electron chi connectivity index (χ2n) is 4.96. The standard InChI is InChI=1S/C13H18BrFN2O3S/c1-20-11-4-5-17(10(7-11)8-16)21(18,19)13-3-2-9(15)6-12(13)14/h2-3,6,10-11H,4-5,7-8,16H2,1H3. The Morgan fingerprint density at radius 1 is 1.52 bits per heavy atom. The summed E-state index contributed by atoms with van der Waals surface area (Å²) < 4.78 is 45.6.